The summed E-state index contributed by atoms with van der Waals surface area (Å²) in [5.41, 5.74) is -2.95. The number of hydrogen-bond donors (Lipinski definition) is 3. The van der Waals surface area contributed by atoms with E-state index in [2.05, 4.69) is 20.0 Å². The van der Waals surface area contributed by atoms with E-state index in [9.17, 15) is 41.1 Å². The molecule has 20 heteroatoms. The number of ether oxygens (including phenoxy) is 2. The molecule has 0 spiro atoms. The van der Waals surface area contributed by atoms with Crippen LogP contribution in [-0.2, 0) is 24.4 Å². The number of aromatic nitrogens is 3. The normalized spacial score (nSPS) is 27.1. The Bertz CT molecular complexity index is 2500. The molecule has 2 aliphatic carbocycles. The lowest BCUT2D eigenvalue weighted by atomic mass is 9.85. The van der Waals surface area contributed by atoms with Gasteiger partial charge >= 0.3 is 12.3 Å². The summed E-state index contributed by atoms with van der Waals surface area (Å²) >= 11 is 0. The Kier molecular flexibility index (Phi) is 13.5. The standard InChI is InChI=1S/C47H58F3N7O9S/c1-27(2)65-32-14-12-30(13-15-32)35-21-33(22-36(53-35)37-25-51-18-19-52-37)66-34-23-38-40(58)54-46(42(60)55-67(63,64)45(7)16-17-45)24-31(46)11-9-8-10-28(3)20-29(4)39(41(59)56(38)26-34)57(43(61)62)44(5,6)47(48,49)50/h9,11-15,18-19,21-22,25,27-29,31,34,38-39H,8,10,16-17,20,23-24,26H2,1-7H3,(H,54,58)(H,55,60)(H,61,62)/b11-9-/t28-,29-,31-,34-,38+,39+,46-/m1/s1. The summed E-state index contributed by atoms with van der Waals surface area (Å²) in [6.07, 6.45) is 1.39. The van der Waals surface area contributed by atoms with Crippen LogP contribution in [0.1, 0.15) is 93.4 Å². The van der Waals surface area contributed by atoms with Crippen molar-refractivity contribution in [2.24, 2.45) is 17.8 Å². The van der Waals surface area contributed by atoms with Crippen molar-refractivity contribution in [3.8, 4) is 34.1 Å². The Morgan fingerprint density at radius 2 is 1.70 bits per heavy atom. The van der Waals surface area contributed by atoms with Gasteiger partial charge in [0, 0.05) is 42.4 Å². The highest BCUT2D eigenvalue weighted by Gasteiger charge is 2.64. The number of pyridine rings is 1. The number of sulfonamides is 1. The van der Waals surface area contributed by atoms with Crippen LogP contribution in [0.2, 0.25) is 0 Å². The second kappa shape index (κ2) is 18.4. The molecule has 7 atom stereocenters. The van der Waals surface area contributed by atoms with E-state index in [-0.39, 0.29) is 48.5 Å². The molecule has 16 nitrogen and oxygen atoms in total. The van der Waals surface area contributed by atoms with Gasteiger partial charge in [-0.2, -0.15) is 13.2 Å². The van der Waals surface area contributed by atoms with Gasteiger partial charge in [0.2, 0.25) is 21.8 Å². The van der Waals surface area contributed by atoms with Crippen molar-refractivity contribution in [1.29, 1.82) is 0 Å². The molecule has 0 bridgehead atoms. The van der Waals surface area contributed by atoms with Crippen molar-refractivity contribution in [2.75, 3.05) is 6.54 Å². The molecule has 7 rings (SSSR count). The van der Waals surface area contributed by atoms with Crippen molar-refractivity contribution in [3.05, 3.63) is 67.1 Å². The van der Waals surface area contributed by atoms with E-state index >= 15 is 4.79 Å². The first-order valence-corrected chi connectivity index (χ1v) is 24.0. The minimum absolute atomic E-state index is 0.0329. The Labute approximate surface area is 388 Å². The number of carbonyl (C=O) groups is 4. The molecule has 2 saturated carbocycles. The predicted octanol–water partition coefficient (Wildman–Crippen LogP) is 6.92. The third-order valence-electron chi connectivity index (χ3n) is 13.4. The SMILES string of the molecule is CC(C)Oc1ccc(-c2cc(O[C@@H]3C[C@H]4C(=O)N[C@]5(C(=O)NS(=O)(=O)C6(C)CC6)C[C@H]5/C=C\CC[C@@H](C)C[C@@H](C)[C@H](N(C(=O)O)C(C)(C)C(F)(F)F)C(=O)N4C3)cc(-c3cnccn3)n2)cc1. The number of alkyl halides is 3. The summed E-state index contributed by atoms with van der Waals surface area (Å²) in [5, 5.41) is 13.3. The van der Waals surface area contributed by atoms with E-state index in [1.165, 1.54) is 32.4 Å². The van der Waals surface area contributed by atoms with Crippen LogP contribution in [0, 0.1) is 17.8 Å². The summed E-state index contributed by atoms with van der Waals surface area (Å²) in [6.45, 7) is 9.69. The van der Waals surface area contributed by atoms with Crippen molar-refractivity contribution < 1.29 is 55.3 Å². The maximum Gasteiger partial charge on any atom is 0.411 e. The van der Waals surface area contributed by atoms with Gasteiger partial charge in [-0.3, -0.25) is 34.0 Å². The molecular weight excluding hydrogens is 896 g/mol. The summed E-state index contributed by atoms with van der Waals surface area (Å²) in [4.78, 5) is 71.8. The zero-order valence-corrected chi connectivity index (χ0v) is 39.4. The number of rotatable bonds is 11. The molecule has 4 amide bonds. The molecule has 0 unspecified atom stereocenters. The third-order valence-corrected chi connectivity index (χ3v) is 15.6. The molecule has 2 aliphatic heterocycles. The quantitative estimate of drug-likeness (QED) is 0.167. The monoisotopic (exact) mass is 953 g/mol. The van der Waals surface area contributed by atoms with Gasteiger partial charge in [0.05, 0.1) is 35.0 Å². The second-order valence-corrected chi connectivity index (χ2v) is 21.7. The highest BCUT2D eigenvalue weighted by Crippen LogP contribution is 2.48. The molecule has 1 saturated heterocycles. The van der Waals surface area contributed by atoms with Crippen molar-refractivity contribution in [3.63, 3.8) is 0 Å². The van der Waals surface area contributed by atoms with Gasteiger partial charge in [-0.05, 0) is 109 Å². The summed E-state index contributed by atoms with van der Waals surface area (Å²) < 4.78 is 84.7. The minimum atomic E-state index is -5.12. The van der Waals surface area contributed by atoms with E-state index in [4.69, 9.17) is 14.5 Å². The fourth-order valence-electron chi connectivity index (χ4n) is 9.04. The molecule has 0 radical (unpaired) electrons. The average Bonchev–Trinajstić information content (AvgIpc) is 4.13. The molecule has 362 valence electrons. The van der Waals surface area contributed by atoms with E-state index in [0.29, 0.717) is 67.9 Å². The second-order valence-electron chi connectivity index (χ2n) is 19.5. The average molecular weight is 954 g/mol. The summed E-state index contributed by atoms with van der Waals surface area (Å²) in [6, 6.07) is 6.97. The van der Waals surface area contributed by atoms with Crippen LogP contribution in [0.4, 0.5) is 18.0 Å². The Hall–Kier alpha value is -5.79. The number of benzene rings is 1. The van der Waals surface area contributed by atoms with Gasteiger partial charge in [0.15, 0.2) is 0 Å². The Morgan fingerprint density at radius 1 is 1.01 bits per heavy atom. The highest BCUT2D eigenvalue weighted by molar-refractivity contribution is 7.91. The smallest absolute Gasteiger partial charge is 0.411 e. The van der Waals surface area contributed by atoms with Crippen LogP contribution in [-0.4, -0.2) is 115 Å². The maximum atomic E-state index is 15.2. The fourth-order valence-corrected chi connectivity index (χ4v) is 10.3. The van der Waals surface area contributed by atoms with Crippen LogP contribution >= 0.6 is 0 Å². The third kappa shape index (κ3) is 10.2. The number of carboxylic acid groups (broad SMARTS) is 1. The molecule has 3 N–H and O–H groups in total. The topological polar surface area (TPSA) is 210 Å². The van der Waals surface area contributed by atoms with Crippen LogP contribution in [0.3, 0.4) is 0 Å². The van der Waals surface area contributed by atoms with E-state index in [1.54, 1.807) is 48.6 Å². The molecule has 1 aromatic carbocycles. The maximum absolute atomic E-state index is 15.2. The van der Waals surface area contributed by atoms with Crippen LogP contribution < -0.4 is 19.5 Å². The number of carbonyl (C=O) groups excluding carboxylic acids is 3. The number of allylic oxidation sites excluding steroid dienone is 1. The van der Waals surface area contributed by atoms with E-state index < -0.39 is 85.9 Å². The molecule has 3 fully saturated rings. The first-order valence-electron chi connectivity index (χ1n) is 22.5. The van der Waals surface area contributed by atoms with Gasteiger partial charge in [0.25, 0.3) is 5.91 Å². The van der Waals surface area contributed by atoms with Crippen LogP contribution in [0.15, 0.2) is 67.1 Å². The summed E-state index contributed by atoms with van der Waals surface area (Å²) in [7, 11) is -4.15. The molecule has 4 aliphatic rings. The molecule has 3 aromatic rings. The largest absolute Gasteiger partial charge is 0.491 e. The number of nitrogens with one attached hydrogen (secondary N) is 2. The first-order chi connectivity index (χ1) is 31.4. The highest BCUT2D eigenvalue weighted by atomic mass is 32.2. The van der Waals surface area contributed by atoms with Crippen molar-refractivity contribution in [2.45, 2.75) is 140 Å². The van der Waals surface area contributed by atoms with Crippen LogP contribution in [0.5, 0.6) is 11.5 Å². The summed E-state index contributed by atoms with van der Waals surface area (Å²) in [5.74, 6) is -3.88. The fraction of sp³-hybridized carbons (Fsp3) is 0.553. The van der Waals surface area contributed by atoms with E-state index in [0.717, 1.165) is 4.90 Å². The van der Waals surface area contributed by atoms with Gasteiger partial charge in [0.1, 0.15) is 46.5 Å². The van der Waals surface area contributed by atoms with Gasteiger partial charge in [-0.15, -0.1) is 0 Å². The van der Waals surface area contributed by atoms with Gasteiger partial charge in [-0.1, -0.05) is 26.0 Å². The van der Waals surface area contributed by atoms with Crippen LogP contribution in [0.25, 0.3) is 22.6 Å². The first kappa shape index (κ1) is 49.1. The molecule has 4 heterocycles. The van der Waals surface area contributed by atoms with Crippen molar-refractivity contribution >= 4 is 33.8 Å². The zero-order chi connectivity index (χ0) is 48.9. The van der Waals surface area contributed by atoms with Crippen molar-refractivity contribution in [1.82, 2.24) is 34.8 Å². The lowest BCUT2D eigenvalue weighted by Gasteiger charge is -2.45. The molecular formula is C47H58F3N7O9S. The number of fused-ring (bicyclic) bond motifs is 2. The number of hydrogen-bond acceptors (Lipinski definition) is 11. The predicted molar refractivity (Wildman–Crippen MR) is 240 cm³/mol. The Morgan fingerprint density at radius 3 is 2.31 bits per heavy atom. The zero-order valence-electron chi connectivity index (χ0n) is 38.5. The van der Waals surface area contributed by atoms with Gasteiger partial charge < -0.3 is 24.8 Å². The van der Waals surface area contributed by atoms with Gasteiger partial charge in [-0.25, -0.2) is 18.2 Å². The minimum Gasteiger partial charge on any atom is -0.491 e. The Balaban J connectivity index is 1.30. The number of amides is 4. The van der Waals surface area contributed by atoms with E-state index in [1.807, 2.05) is 20.8 Å². The number of halogens is 3. The lowest BCUT2D eigenvalue weighted by Crippen LogP contribution is -2.66. The molecule has 2 aromatic heterocycles. The number of nitrogens with zero attached hydrogens (tertiary/aromatic N) is 5. The molecule has 67 heavy (non-hydrogen) atoms. The lowest BCUT2D eigenvalue weighted by molar-refractivity contribution is -0.222.